The molecule has 0 spiro atoms. The smallest absolute Gasteiger partial charge is 0.305 e. The zero-order chi connectivity index (χ0) is 18.3. The zero-order valence-corrected chi connectivity index (χ0v) is 15.1. The molecule has 0 aromatic carbocycles. The number of esters is 1. The molecule has 1 aliphatic rings. The van der Waals surface area contributed by atoms with Crippen molar-refractivity contribution in [3.8, 4) is 0 Å². The Labute approximate surface area is 147 Å². The number of furan rings is 1. The molecule has 1 fully saturated rings. The minimum atomic E-state index is -3.68. The first-order valence-corrected chi connectivity index (χ1v) is 9.84. The second kappa shape index (κ2) is 9.00. The van der Waals surface area contributed by atoms with Gasteiger partial charge in [0.05, 0.1) is 7.11 Å². The second-order valence-electron chi connectivity index (χ2n) is 5.87. The van der Waals surface area contributed by atoms with Gasteiger partial charge in [0.1, 0.15) is 0 Å². The summed E-state index contributed by atoms with van der Waals surface area (Å²) in [5, 5.41) is 2.44. The van der Waals surface area contributed by atoms with Crippen LogP contribution in [0.4, 0.5) is 0 Å². The molecule has 1 aromatic rings. The predicted molar refractivity (Wildman–Crippen MR) is 89.5 cm³/mol. The SMILES string of the molecule is COC(=O)CCCCNC(=O)c1ccc(S(=O)(=O)N2CCCCC2)o1. The fraction of sp³-hybridized carbons (Fsp3) is 0.625. The minimum absolute atomic E-state index is 0.0384. The Bertz CT molecular complexity index is 691. The van der Waals surface area contributed by atoms with E-state index in [2.05, 4.69) is 10.1 Å². The summed E-state index contributed by atoms with van der Waals surface area (Å²) in [6.45, 7) is 1.32. The van der Waals surface area contributed by atoms with E-state index in [9.17, 15) is 18.0 Å². The maximum absolute atomic E-state index is 12.5. The summed E-state index contributed by atoms with van der Waals surface area (Å²) in [5.74, 6) is -0.799. The van der Waals surface area contributed by atoms with E-state index in [0.29, 0.717) is 38.9 Å². The Hall–Kier alpha value is -1.87. The van der Waals surface area contributed by atoms with Gasteiger partial charge in [-0.1, -0.05) is 6.42 Å². The van der Waals surface area contributed by atoms with Crippen molar-refractivity contribution in [2.75, 3.05) is 26.7 Å². The topological polar surface area (TPSA) is 106 Å². The number of nitrogens with one attached hydrogen (secondary N) is 1. The van der Waals surface area contributed by atoms with Gasteiger partial charge in [-0.25, -0.2) is 8.42 Å². The summed E-state index contributed by atoms with van der Waals surface area (Å²) in [7, 11) is -2.35. The largest absolute Gasteiger partial charge is 0.469 e. The first-order chi connectivity index (χ1) is 11.9. The van der Waals surface area contributed by atoms with Crippen molar-refractivity contribution >= 4 is 21.9 Å². The minimum Gasteiger partial charge on any atom is -0.469 e. The lowest BCUT2D eigenvalue weighted by Crippen LogP contribution is -2.35. The molecule has 1 aliphatic heterocycles. The lowest BCUT2D eigenvalue weighted by atomic mass is 10.2. The highest BCUT2D eigenvalue weighted by molar-refractivity contribution is 7.89. The third-order valence-corrected chi connectivity index (χ3v) is 5.81. The van der Waals surface area contributed by atoms with E-state index in [4.69, 9.17) is 4.42 Å². The van der Waals surface area contributed by atoms with Crippen LogP contribution in [0.2, 0.25) is 0 Å². The summed E-state index contributed by atoms with van der Waals surface area (Å²) < 4.78 is 36.1. The summed E-state index contributed by atoms with van der Waals surface area (Å²) in [6.07, 6.45) is 4.19. The number of amides is 1. The molecule has 8 nitrogen and oxygen atoms in total. The van der Waals surface area contributed by atoms with Gasteiger partial charge >= 0.3 is 5.97 Å². The molecule has 1 aromatic heterocycles. The normalized spacial score (nSPS) is 15.7. The Balaban J connectivity index is 1.85. The van der Waals surface area contributed by atoms with Crippen LogP contribution in [0.15, 0.2) is 21.6 Å². The molecule has 1 amide bonds. The van der Waals surface area contributed by atoms with Crippen molar-refractivity contribution in [2.45, 2.75) is 43.6 Å². The van der Waals surface area contributed by atoms with Gasteiger partial charge in [0.2, 0.25) is 5.09 Å². The van der Waals surface area contributed by atoms with E-state index in [1.807, 2.05) is 0 Å². The lowest BCUT2D eigenvalue weighted by Gasteiger charge is -2.24. The quantitative estimate of drug-likeness (QED) is 0.548. The number of nitrogens with zero attached hydrogens (tertiary/aromatic N) is 1. The monoisotopic (exact) mass is 372 g/mol. The number of piperidine rings is 1. The lowest BCUT2D eigenvalue weighted by molar-refractivity contribution is -0.140. The average Bonchev–Trinajstić information content (AvgIpc) is 3.13. The summed E-state index contributed by atoms with van der Waals surface area (Å²) in [5.41, 5.74) is 0. The van der Waals surface area contributed by atoms with Crippen LogP contribution in [-0.2, 0) is 19.6 Å². The molecule has 140 valence electrons. The van der Waals surface area contributed by atoms with E-state index >= 15 is 0 Å². The predicted octanol–water partition coefficient (Wildman–Crippen LogP) is 1.53. The molecule has 1 saturated heterocycles. The van der Waals surface area contributed by atoms with Crippen LogP contribution < -0.4 is 5.32 Å². The first kappa shape index (κ1) is 19.5. The standard InChI is InChI=1S/C16H24N2O6S/c1-23-14(19)7-3-4-10-17-16(20)13-8-9-15(24-13)25(21,22)18-11-5-2-6-12-18/h8-9H,2-7,10-12H2,1H3,(H,17,20). The van der Waals surface area contributed by atoms with Gasteiger partial charge in [0, 0.05) is 26.1 Å². The molecule has 1 N–H and O–H groups in total. The van der Waals surface area contributed by atoms with Gasteiger partial charge in [-0.3, -0.25) is 9.59 Å². The highest BCUT2D eigenvalue weighted by Gasteiger charge is 2.29. The molecule has 2 rings (SSSR count). The Morgan fingerprint density at radius 2 is 1.92 bits per heavy atom. The maximum atomic E-state index is 12.5. The van der Waals surface area contributed by atoms with Crippen LogP contribution in [0.25, 0.3) is 0 Å². The van der Waals surface area contributed by atoms with E-state index in [1.165, 1.54) is 23.5 Å². The Kier molecular flexibility index (Phi) is 7.01. The third-order valence-electron chi connectivity index (χ3n) is 4.04. The molecule has 9 heteroatoms. The van der Waals surface area contributed by atoms with E-state index in [1.54, 1.807) is 0 Å². The number of methoxy groups -OCH3 is 1. The summed E-state index contributed by atoms with van der Waals surface area (Å²) >= 11 is 0. The van der Waals surface area contributed by atoms with Gasteiger partial charge in [0.15, 0.2) is 5.76 Å². The average molecular weight is 372 g/mol. The number of hydrogen-bond acceptors (Lipinski definition) is 6. The molecule has 0 unspecified atom stereocenters. The molecule has 25 heavy (non-hydrogen) atoms. The number of unbranched alkanes of at least 4 members (excludes halogenated alkanes) is 1. The zero-order valence-electron chi connectivity index (χ0n) is 14.3. The molecule has 0 saturated carbocycles. The van der Waals surface area contributed by atoms with Gasteiger partial charge in [-0.05, 0) is 37.8 Å². The molecule has 0 bridgehead atoms. The van der Waals surface area contributed by atoms with Gasteiger partial charge in [0.25, 0.3) is 15.9 Å². The van der Waals surface area contributed by atoms with E-state index < -0.39 is 15.9 Å². The van der Waals surface area contributed by atoms with Gasteiger partial charge in [-0.2, -0.15) is 4.31 Å². The fourth-order valence-corrected chi connectivity index (χ4v) is 4.03. The number of carbonyl (C=O) groups excluding carboxylic acids is 2. The van der Waals surface area contributed by atoms with Crippen molar-refractivity contribution in [1.82, 2.24) is 9.62 Å². The van der Waals surface area contributed by atoms with E-state index in [-0.39, 0.29) is 16.8 Å². The third kappa shape index (κ3) is 5.30. The molecular weight excluding hydrogens is 348 g/mol. The number of hydrogen-bond donors (Lipinski definition) is 1. The Morgan fingerprint density at radius 1 is 1.20 bits per heavy atom. The van der Waals surface area contributed by atoms with Crippen LogP contribution in [-0.4, -0.2) is 51.3 Å². The van der Waals surface area contributed by atoms with Crippen LogP contribution in [0.3, 0.4) is 0 Å². The second-order valence-corrected chi connectivity index (χ2v) is 7.74. The van der Waals surface area contributed by atoms with Crippen LogP contribution in [0.5, 0.6) is 0 Å². The van der Waals surface area contributed by atoms with Crippen molar-refractivity contribution < 1.29 is 27.2 Å². The molecule has 0 aliphatic carbocycles. The number of rotatable bonds is 8. The van der Waals surface area contributed by atoms with Crippen LogP contribution >= 0.6 is 0 Å². The van der Waals surface area contributed by atoms with Crippen LogP contribution in [0.1, 0.15) is 49.1 Å². The summed E-state index contributed by atoms with van der Waals surface area (Å²) in [6, 6.07) is 2.68. The van der Waals surface area contributed by atoms with Gasteiger partial charge < -0.3 is 14.5 Å². The van der Waals surface area contributed by atoms with Crippen molar-refractivity contribution in [2.24, 2.45) is 0 Å². The highest BCUT2D eigenvalue weighted by Crippen LogP contribution is 2.22. The highest BCUT2D eigenvalue weighted by atomic mass is 32.2. The summed E-state index contributed by atoms with van der Waals surface area (Å²) in [4.78, 5) is 23.0. The van der Waals surface area contributed by atoms with Crippen molar-refractivity contribution in [3.05, 3.63) is 17.9 Å². The molecule has 0 atom stereocenters. The van der Waals surface area contributed by atoms with Crippen molar-refractivity contribution in [1.29, 1.82) is 0 Å². The maximum Gasteiger partial charge on any atom is 0.305 e. The Morgan fingerprint density at radius 3 is 2.60 bits per heavy atom. The van der Waals surface area contributed by atoms with Gasteiger partial charge in [-0.15, -0.1) is 0 Å². The number of sulfonamides is 1. The molecule has 0 radical (unpaired) electrons. The number of carbonyl (C=O) groups is 2. The molecule has 2 heterocycles. The molecular formula is C16H24N2O6S. The first-order valence-electron chi connectivity index (χ1n) is 8.40. The van der Waals surface area contributed by atoms with Crippen LogP contribution in [0, 0.1) is 0 Å². The fourth-order valence-electron chi connectivity index (χ4n) is 2.60. The van der Waals surface area contributed by atoms with E-state index in [0.717, 1.165) is 19.3 Å². The number of ether oxygens (including phenoxy) is 1. The van der Waals surface area contributed by atoms with Crippen molar-refractivity contribution in [3.63, 3.8) is 0 Å².